The first kappa shape index (κ1) is 9.36. The average Bonchev–Trinajstić information content (AvgIpc) is 2.55. The zero-order valence-electron chi connectivity index (χ0n) is 6.90. The second-order valence-corrected chi connectivity index (χ2v) is 3.88. The molecule has 2 rings (SSSR count). The minimum atomic E-state index is -0.760. The van der Waals surface area contributed by atoms with E-state index in [1.807, 2.05) is 0 Å². The van der Waals surface area contributed by atoms with Gasteiger partial charge < -0.3 is 9.47 Å². The van der Waals surface area contributed by atoms with Crippen LogP contribution < -0.4 is 0 Å². The first-order valence-corrected chi connectivity index (χ1v) is 5.57. The Morgan fingerprint density at radius 1 is 1.54 bits per heavy atom. The summed E-state index contributed by atoms with van der Waals surface area (Å²) in [6.45, 7) is 0.589. The van der Waals surface area contributed by atoms with Gasteiger partial charge in [0.1, 0.15) is 0 Å². The maximum atomic E-state index is 10.9. The van der Waals surface area contributed by atoms with E-state index < -0.39 is 5.79 Å². The van der Waals surface area contributed by atoms with Gasteiger partial charge in [0, 0.05) is 4.43 Å². The summed E-state index contributed by atoms with van der Waals surface area (Å²) < 4.78 is 12.0. The number of hydrogen-bond donors (Lipinski definition) is 0. The van der Waals surface area contributed by atoms with Crippen LogP contribution in [0.5, 0.6) is 0 Å². The van der Waals surface area contributed by atoms with Crippen LogP contribution >= 0.6 is 22.6 Å². The van der Waals surface area contributed by atoms with E-state index in [9.17, 15) is 4.79 Å². The van der Waals surface area contributed by atoms with E-state index in [0.29, 0.717) is 6.61 Å². The van der Waals surface area contributed by atoms with Gasteiger partial charge in [-0.05, 0) is 24.3 Å². The quantitative estimate of drug-likeness (QED) is 0.538. The molecule has 1 fully saturated rings. The van der Waals surface area contributed by atoms with Crippen molar-refractivity contribution in [3.8, 4) is 0 Å². The number of allylic oxidation sites excluding steroid dienone is 2. The van der Waals surface area contributed by atoms with Crippen LogP contribution in [0.25, 0.3) is 0 Å². The Bertz CT molecular complexity index is 267. The van der Waals surface area contributed by atoms with Crippen LogP contribution in [0, 0.1) is 0 Å². The van der Waals surface area contributed by atoms with Gasteiger partial charge in [0.25, 0.3) is 0 Å². The second-order valence-electron chi connectivity index (χ2n) is 3.00. The molecule has 13 heavy (non-hydrogen) atoms. The molecule has 70 valence electrons. The molecule has 1 heterocycles. The first-order valence-electron chi connectivity index (χ1n) is 4.04. The zero-order valence-corrected chi connectivity index (χ0v) is 9.06. The summed E-state index contributed by atoms with van der Waals surface area (Å²) in [5.41, 5.74) is 0. The molecule has 1 aliphatic heterocycles. The molecule has 2 aliphatic rings. The maximum Gasteiger partial charge on any atom is 0.209 e. The van der Waals surface area contributed by atoms with Gasteiger partial charge in [-0.2, -0.15) is 0 Å². The summed E-state index contributed by atoms with van der Waals surface area (Å²) in [5, 5.41) is 0. The van der Waals surface area contributed by atoms with Gasteiger partial charge in [-0.25, -0.2) is 0 Å². The second kappa shape index (κ2) is 3.51. The van der Waals surface area contributed by atoms with E-state index in [-0.39, 0.29) is 11.9 Å². The molecule has 1 aliphatic carbocycles. The number of halogens is 1. The molecule has 3 nitrogen and oxygen atoms in total. The highest BCUT2D eigenvalue weighted by molar-refractivity contribution is 14.1. The fraction of sp³-hybridized carbons (Fsp3) is 0.444. The largest absolute Gasteiger partial charge is 0.340 e. The summed E-state index contributed by atoms with van der Waals surface area (Å²) in [7, 11) is 0. The van der Waals surface area contributed by atoms with Crippen LogP contribution in [-0.2, 0) is 14.3 Å². The van der Waals surface area contributed by atoms with E-state index >= 15 is 0 Å². The predicted octanol–water partition coefficient (Wildman–Crippen LogP) is 1.23. The van der Waals surface area contributed by atoms with Crippen molar-refractivity contribution in [2.24, 2.45) is 0 Å². The van der Waals surface area contributed by atoms with Gasteiger partial charge in [0.05, 0.1) is 12.7 Å². The van der Waals surface area contributed by atoms with E-state index in [1.54, 1.807) is 12.2 Å². The topological polar surface area (TPSA) is 35.5 Å². The third kappa shape index (κ3) is 1.84. The summed E-state index contributed by atoms with van der Waals surface area (Å²) in [6.07, 6.45) is 6.43. The Balaban J connectivity index is 2.12. The lowest BCUT2D eigenvalue weighted by molar-refractivity contribution is -0.113. The van der Waals surface area contributed by atoms with Crippen molar-refractivity contribution in [3.63, 3.8) is 0 Å². The lowest BCUT2D eigenvalue weighted by Gasteiger charge is -2.21. The van der Waals surface area contributed by atoms with E-state index in [1.165, 1.54) is 12.2 Å². The number of alkyl halides is 1. The van der Waals surface area contributed by atoms with Crippen molar-refractivity contribution < 1.29 is 14.3 Å². The Kier molecular flexibility index (Phi) is 2.53. The standard InChI is InChI=1S/C9H9IO3/c10-5-8-6-12-9(13-8)3-1-7(11)2-4-9/h1-4,8H,5-6H2. The van der Waals surface area contributed by atoms with Crippen LogP contribution in [0.2, 0.25) is 0 Å². The van der Waals surface area contributed by atoms with Crippen LogP contribution in [0.4, 0.5) is 0 Å². The highest BCUT2D eigenvalue weighted by Gasteiger charge is 2.38. The van der Waals surface area contributed by atoms with Crippen molar-refractivity contribution in [2.75, 3.05) is 11.0 Å². The number of carbonyl (C=O) groups excluding carboxylic acids is 1. The fourth-order valence-electron chi connectivity index (χ4n) is 1.31. The van der Waals surface area contributed by atoms with Crippen molar-refractivity contribution in [3.05, 3.63) is 24.3 Å². The average molecular weight is 292 g/mol. The fourth-order valence-corrected chi connectivity index (χ4v) is 1.74. The zero-order chi connectivity index (χ0) is 9.31. The molecular formula is C9H9IO3. The number of ketones is 1. The highest BCUT2D eigenvalue weighted by Crippen LogP contribution is 2.29. The van der Waals surface area contributed by atoms with Gasteiger partial charge in [-0.15, -0.1) is 0 Å². The van der Waals surface area contributed by atoms with Crippen molar-refractivity contribution in [1.82, 2.24) is 0 Å². The van der Waals surface area contributed by atoms with Crippen LogP contribution in [0.3, 0.4) is 0 Å². The van der Waals surface area contributed by atoms with E-state index in [0.717, 1.165) is 4.43 Å². The number of rotatable bonds is 1. The predicted molar refractivity (Wildman–Crippen MR) is 55.7 cm³/mol. The molecule has 1 atom stereocenters. The van der Waals surface area contributed by atoms with Gasteiger partial charge in [0.2, 0.25) is 5.79 Å². The molecule has 1 saturated heterocycles. The number of carbonyl (C=O) groups is 1. The molecular weight excluding hydrogens is 283 g/mol. The molecule has 0 aromatic rings. The summed E-state index contributed by atoms with van der Waals surface area (Å²) in [4.78, 5) is 10.9. The van der Waals surface area contributed by atoms with Crippen LogP contribution in [0.15, 0.2) is 24.3 Å². The molecule has 0 radical (unpaired) electrons. The van der Waals surface area contributed by atoms with E-state index in [4.69, 9.17) is 9.47 Å². The number of hydrogen-bond acceptors (Lipinski definition) is 3. The normalized spacial score (nSPS) is 30.2. The molecule has 1 spiro atoms. The highest BCUT2D eigenvalue weighted by atomic mass is 127. The third-order valence-electron chi connectivity index (χ3n) is 1.98. The van der Waals surface area contributed by atoms with Crippen molar-refractivity contribution in [1.29, 1.82) is 0 Å². The van der Waals surface area contributed by atoms with Gasteiger partial charge in [-0.3, -0.25) is 4.79 Å². The van der Waals surface area contributed by atoms with Gasteiger partial charge in [-0.1, -0.05) is 22.6 Å². The molecule has 0 aromatic carbocycles. The molecule has 1 unspecified atom stereocenters. The first-order chi connectivity index (χ1) is 6.24. The molecule has 0 N–H and O–H groups in total. The minimum absolute atomic E-state index is 0.0178. The molecule has 0 bridgehead atoms. The molecule has 0 aromatic heterocycles. The summed E-state index contributed by atoms with van der Waals surface area (Å²) in [6, 6.07) is 0. The monoisotopic (exact) mass is 292 g/mol. The third-order valence-corrected chi connectivity index (χ3v) is 2.96. The minimum Gasteiger partial charge on any atom is -0.340 e. The Labute approximate surface area is 89.9 Å². The lowest BCUT2D eigenvalue weighted by atomic mass is 10.1. The smallest absolute Gasteiger partial charge is 0.209 e. The Morgan fingerprint density at radius 2 is 2.23 bits per heavy atom. The maximum absolute atomic E-state index is 10.9. The van der Waals surface area contributed by atoms with Gasteiger partial charge >= 0.3 is 0 Å². The van der Waals surface area contributed by atoms with Crippen molar-refractivity contribution >= 4 is 28.4 Å². The van der Waals surface area contributed by atoms with Crippen molar-refractivity contribution in [2.45, 2.75) is 11.9 Å². The van der Waals surface area contributed by atoms with Crippen LogP contribution in [-0.4, -0.2) is 28.7 Å². The Hall–Kier alpha value is -0.200. The molecule has 0 amide bonds. The lowest BCUT2D eigenvalue weighted by Crippen LogP contribution is -2.28. The number of ether oxygens (including phenoxy) is 2. The summed E-state index contributed by atoms with van der Waals surface area (Å²) in [5.74, 6) is -0.778. The Morgan fingerprint density at radius 3 is 2.77 bits per heavy atom. The van der Waals surface area contributed by atoms with Gasteiger partial charge in [0.15, 0.2) is 5.78 Å². The van der Waals surface area contributed by atoms with Crippen LogP contribution in [0.1, 0.15) is 0 Å². The molecule has 0 saturated carbocycles. The SMILES string of the molecule is O=C1C=CC2(C=C1)OCC(CI)O2. The van der Waals surface area contributed by atoms with E-state index in [2.05, 4.69) is 22.6 Å². The summed E-state index contributed by atoms with van der Waals surface area (Å²) >= 11 is 2.25. The molecule has 4 heteroatoms.